The van der Waals surface area contributed by atoms with Crippen molar-refractivity contribution in [3.63, 3.8) is 0 Å². The van der Waals surface area contributed by atoms with Gasteiger partial charge in [-0.2, -0.15) is 0 Å². The van der Waals surface area contributed by atoms with Crippen molar-refractivity contribution in [1.29, 1.82) is 0 Å². The second-order valence-electron chi connectivity index (χ2n) is 11.0. The number of fused-ring (bicyclic) bond motifs is 1. The minimum Gasteiger partial charge on any atom is -0.497 e. The fraction of sp³-hybridized carbons (Fsp3) is 0.538. The number of nitrogens with zero attached hydrogens (tertiary/aromatic N) is 2. The Balaban J connectivity index is 1.83. The van der Waals surface area contributed by atoms with E-state index in [1.54, 1.807) is 34.1 Å². The average molecular weight is 501 g/mol. The number of likely N-dealkylation sites (tertiary alicyclic amines) is 1. The monoisotopic (exact) mass is 500 g/mol. The Bertz CT molecular complexity index is 1140. The number of aromatic nitrogens is 1. The van der Waals surface area contributed by atoms with Crippen molar-refractivity contribution in [2.75, 3.05) is 13.7 Å². The summed E-state index contributed by atoms with van der Waals surface area (Å²) in [5.41, 5.74) is 4.28. The number of amides is 3. The van der Waals surface area contributed by atoms with Crippen LogP contribution in [0.25, 0.3) is 10.8 Å². The van der Waals surface area contributed by atoms with Crippen LogP contribution >= 0.6 is 0 Å². The van der Waals surface area contributed by atoms with Crippen LogP contribution in [-0.4, -0.2) is 65.2 Å². The first kappa shape index (κ1) is 27.0. The number of alkyl carbamates (subject to hydrolysis) is 1. The van der Waals surface area contributed by atoms with E-state index in [0.717, 1.165) is 10.8 Å². The van der Waals surface area contributed by atoms with Gasteiger partial charge in [0.2, 0.25) is 17.7 Å². The van der Waals surface area contributed by atoms with Crippen molar-refractivity contribution >= 4 is 28.7 Å². The van der Waals surface area contributed by atoms with Gasteiger partial charge in [-0.3, -0.25) is 9.59 Å². The molecule has 3 atom stereocenters. The van der Waals surface area contributed by atoms with Gasteiger partial charge in [0, 0.05) is 18.0 Å². The lowest BCUT2D eigenvalue weighted by atomic mass is 9.85. The summed E-state index contributed by atoms with van der Waals surface area (Å²) in [7, 11) is 1.59. The number of hydrogen-bond acceptors (Lipinski definition) is 7. The van der Waals surface area contributed by atoms with Crippen LogP contribution in [0.1, 0.15) is 48.0 Å². The van der Waals surface area contributed by atoms with E-state index in [4.69, 9.17) is 19.9 Å². The molecule has 0 bridgehead atoms. The summed E-state index contributed by atoms with van der Waals surface area (Å²) in [6.45, 7) is 10.8. The molecule has 10 heteroatoms. The van der Waals surface area contributed by atoms with E-state index in [2.05, 4.69) is 10.3 Å². The smallest absolute Gasteiger partial charge is 0.408 e. The maximum Gasteiger partial charge on any atom is 0.408 e. The van der Waals surface area contributed by atoms with Gasteiger partial charge in [0.1, 0.15) is 29.5 Å². The Kier molecular flexibility index (Phi) is 7.66. The largest absolute Gasteiger partial charge is 0.497 e. The third kappa shape index (κ3) is 6.35. The molecule has 0 spiro atoms. The number of carbonyl (C=O) groups is 3. The molecule has 36 heavy (non-hydrogen) atoms. The van der Waals surface area contributed by atoms with Gasteiger partial charge in [-0.05, 0) is 55.8 Å². The van der Waals surface area contributed by atoms with Crippen LogP contribution in [0.15, 0.2) is 30.5 Å². The van der Waals surface area contributed by atoms with Crippen molar-refractivity contribution in [2.45, 2.75) is 71.8 Å². The molecule has 3 amide bonds. The summed E-state index contributed by atoms with van der Waals surface area (Å²) in [6, 6.07) is 5.54. The third-order valence-corrected chi connectivity index (χ3v) is 5.86. The maximum atomic E-state index is 13.7. The number of nitrogens with two attached hydrogens (primary N) is 1. The van der Waals surface area contributed by atoms with Gasteiger partial charge in [0.15, 0.2) is 0 Å². The highest BCUT2D eigenvalue weighted by Gasteiger charge is 2.45. The van der Waals surface area contributed by atoms with E-state index < -0.39 is 47.1 Å². The van der Waals surface area contributed by atoms with E-state index >= 15 is 0 Å². The zero-order valence-corrected chi connectivity index (χ0v) is 22.0. The first-order valence-corrected chi connectivity index (χ1v) is 11.9. The Morgan fingerprint density at radius 2 is 1.83 bits per heavy atom. The summed E-state index contributed by atoms with van der Waals surface area (Å²) in [5, 5.41) is 4.34. The molecule has 10 nitrogen and oxygen atoms in total. The van der Waals surface area contributed by atoms with Crippen molar-refractivity contribution in [1.82, 2.24) is 15.2 Å². The van der Waals surface area contributed by atoms with Gasteiger partial charge in [0.05, 0.1) is 13.7 Å². The summed E-state index contributed by atoms with van der Waals surface area (Å²) < 4.78 is 16.8. The molecule has 2 heterocycles. The molecule has 196 valence electrons. The minimum atomic E-state index is -0.948. The molecule has 1 unspecified atom stereocenters. The normalized spacial score (nSPS) is 19.0. The molecule has 1 aromatic carbocycles. The summed E-state index contributed by atoms with van der Waals surface area (Å²) >= 11 is 0. The van der Waals surface area contributed by atoms with E-state index in [-0.39, 0.29) is 13.0 Å². The molecule has 0 saturated carbocycles. The molecule has 1 saturated heterocycles. The van der Waals surface area contributed by atoms with Crippen molar-refractivity contribution in [2.24, 2.45) is 11.1 Å². The van der Waals surface area contributed by atoms with Crippen LogP contribution in [-0.2, 0) is 14.3 Å². The zero-order valence-electron chi connectivity index (χ0n) is 22.0. The van der Waals surface area contributed by atoms with Gasteiger partial charge >= 0.3 is 6.09 Å². The quantitative estimate of drug-likeness (QED) is 0.623. The molecule has 1 aromatic heterocycles. The van der Waals surface area contributed by atoms with E-state index in [1.807, 2.05) is 45.0 Å². The number of primary amides is 1. The van der Waals surface area contributed by atoms with E-state index in [9.17, 15) is 14.4 Å². The number of ether oxygens (including phenoxy) is 3. The fourth-order valence-corrected chi connectivity index (χ4v) is 4.14. The maximum absolute atomic E-state index is 13.7. The van der Waals surface area contributed by atoms with Crippen LogP contribution in [0.2, 0.25) is 0 Å². The average Bonchev–Trinajstić information content (AvgIpc) is 3.19. The molecule has 3 N–H and O–H groups in total. The summed E-state index contributed by atoms with van der Waals surface area (Å²) in [6.07, 6.45) is 0.599. The number of pyridine rings is 1. The van der Waals surface area contributed by atoms with Gasteiger partial charge in [0.25, 0.3) is 0 Å². The van der Waals surface area contributed by atoms with E-state index in [1.165, 1.54) is 4.90 Å². The molecule has 0 aliphatic carbocycles. The number of hydrogen-bond donors (Lipinski definition) is 2. The second-order valence-corrected chi connectivity index (χ2v) is 11.0. The lowest BCUT2D eigenvalue weighted by Gasteiger charge is -2.35. The third-order valence-electron chi connectivity index (χ3n) is 5.86. The van der Waals surface area contributed by atoms with Crippen LogP contribution in [0.4, 0.5) is 4.79 Å². The van der Waals surface area contributed by atoms with Gasteiger partial charge < -0.3 is 30.2 Å². The SMILES string of the molecule is COc1ccc2c(OC3C[C@@H](C(N)=O)N(C(=O)[C@@H](NC(=O)OC(C)(C)C)C(C)(C)C)C3)nccc2c1. The highest BCUT2D eigenvalue weighted by molar-refractivity contribution is 5.92. The van der Waals surface area contributed by atoms with Crippen LogP contribution < -0.4 is 20.5 Å². The summed E-state index contributed by atoms with van der Waals surface area (Å²) in [4.78, 5) is 44.2. The van der Waals surface area contributed by atoms with E-state index in [0.29, 0.717) is 11.6 Å². The number of benzene rings is 1. The Morgan fingerprint density at radius 1 is 1.14 bits per heavy atom. The lowest BCUT2D eigenvalue weighted by molar-refractivity contribution is -0.141. The van der Waals surface area contributed by atoms with Crippen LogP contribution in [0.3, 0.4) is 0 Å². The minimum absolute atomic E-state index is 0.114. The molecular formula is C26H36N4O6. The molecule has 3 rings (SSSR count). The lowest BCUT2D eigenvalue weighted by Crippen LogP contribution is -2.58. The Hall–Kier alpha value is -3.56. The number of carbonyl (C=O) groups excluding carboxylic acids is 3. The van der Waals surface area contributed by atoms with Crippen molar-refractivity contribution in [3.8, 4) is 11.6 Å². The topological polar surface area (TPSA) is 133 Å². The first-order chi connectivity index (χ1) is 16.7. The summed E-state index contributed by atoms with van der Waals surface area (Å²) in [5.74, 6) is 0.0163. The molecule has 1 fully saturated rings. The van der Waals surface area contributed by atoms with Crippen molar-refractivity contribution in [3.05, 3.63) is 30.5 Å². The van der Waals surface area contributed by atoms with Crippen LogP contribution in [0, 0.1) is 5.41 Å². The Morgan fingerprint density at radius 3 is 2.42 bits per heavy atom. The molecule has 2 aromatic rings. The highest BCUT2D eigenvalue weighted by Crippen LogP contribution is 2.31. The van der Waals surface area contributed by atoms with Gasteiger partial charge in [-0.15, -0.1) is 0 Å². The standard InChI is InChI=1S/C26H36N4O6/c1-25(2,3)20(29-24(33)36-26(4,5)6)23(32)30-14-17(13-19(30)21(27)31)35-22-18-9-8-16(34-7)12-15(18)10-11-28-22/h8-12,17,19-20H,13-14H2,1-7H3,(H2,27,31)(H,29,33)/t17?,19-,20+/m0/s1. The Labute approximate surface area is 211 Å². The molecule has 1 aliphatic rings. The zero-order chi connectivity index (χ0) is 26.8. The molecular weight excluding hydrogens is 464 g/mol. The van der Waals surface area contributed by atoms with Gasteiger partial charge in [-0.1, -0.05) is 20.8 Å². The second kappa shape index (κ2) is 10.2. The van der Waals surface area contributed by atoms with Gasteiger partial charge in [-0.25, -0.2) is 9.78 Å². The molecule has 1 aliphatic heterocycles. The van der Waals surface area contributed by atoms with Crippen LogP contribution in [0.5, 0.6) is 11.6 Å². The van der Waals surface area contributed by atoms with Crippen molar-refractivity contribution < 1.29 is 28.6 Å². The first-order valence-electron chi connectivity index (χ1n) is 11.9. The predicted molar refractivity (Wildman–Crippen MR) is 135 cm³/mol. The highest BCUT2D eigenvalue weighted by atomic mass is 16.6. The predicted octanol–water partition coefficient (Wildman–Crippen LogP) is 3.02. The number of nitrogens with one attached hydrogen (secondary N) is 1. The molecule has 0 radical (unpaired) electrons. The fourth-order valence-electron chi connectivity index (χ4n) is 4.14. The number of methoxy groups -OCH3 is 1. The number of rotatable bonds is 6.